The maximum Gasteiger partial charge on any atom is 0.127 e. The van der Waals surface area contributed by atoms with E-state index in [1.54, 1.807) is 7.11 Å². The highest BCUT2D eigenvalue weighted by molar-refractivity contribution is 5.69. The molecular formula is C31H34N2O. The lowest BCUT2D eigenvalue weighted by Gasteiger charge is -2.24. The number of hydrogen-bond acceptors (Lipinski definition) is 3. The fourth-order valence-electron chi connectivity index (χ4n) is 4.57. The maximum absolute atomic E-state index is 5.89. The number of benzene rings is 3. The van der Waals surface area contributed by atoms with Gasteiger partial charge in [0, 0.05) is 43.0 Å². The normalized spacial score (nSPS) is 11.1. The van der Waals surface area contributed by atoms with Crippen molar-refractivity contribution in [1.29, 1.82) is 0 Å². The molecule has 0 N–H and O–H groups in total. The minimum absolute atomic E-state index is 0.760. The molecule has 174 valence electrons. The minimum atomic E-state index is 0.760. The molecule has 3 aromatic carbocycles. The lowest BCUT2D eigenvalue weighted by Crippen LogP contribution is -2.23. The van der Waals surface area contributed by atoms with Crippen LogP contribution in [0.25, 0.3) is 11.3 Å². The number of pyridine rings is 1. The quantitative estimate of drug-likeness (QED) is 0.258. The third-order valence-electron chi connectivity index (χ3n) is 6.31. The Labute approximate surface area is 204 Å². The van der Waals surface area contributed by atoms with Crippen LogP contribution in [0.4, 0.5) is 0 Å². The van der Waals surface area contributed by atoms with Gasteiger partial charge in [-0.05, 0) is 35.1 Å². The standard InChI is InChI=1S/C31H34N2O/c1-4-26-17-12-18-27(5-2)31(26)29-19-30(34-3)28(20-32-29)23-33(21-24-13-8-6-9-14-24)22-25-15-10-7-11-16-25/h6-20H,4-5,21-23H2,1-3H3. The van der Waals surface area contributed by atoms with Gasteiger partial charge in [-0.1, -0.05) is 92.7 Å². The Balaban J connectivity index is 1.65. The van der Waals surface area contributed by atoms with Gasteiger partial charge in [0.15, 0.2) is 0 Å². The van der Waals surface area contributed by atoms with Crippen LogP contribution in [0.3, 0.4) is 0 Å². The fourth-order valence-corrected chi connectivity index (χ4v) is 4.57. The van der Waals surface area contributed by atoms with Crippen molar-refractivity contribution in [2.75, 3.05) is 7.11 Å². The third-order valence-corrected chi connectivity index (χ3v) is 6.31. The summed E-state index contributed by atoms with van der Waals surface area (Å²) in [5, 5.41) is 0. The molecule has 0 atom stereocenters. The number of methoxy groups -OCH3 is 1. The molecule has 0 aliphatic rings. The van der Waals surface area contributed by atoms with Crippen LogP contribution in [-0.2, 0) is 32.5 Å². The van der Waals surface area contributed by atoms with Crippen LogP contribution in [0, 0.1) is 0 Å². The van der Waals surface area contributed by atoms with Crippen molar-refractivity contribution in [1.82, 2.24) is 9.88 Å². The van der Waals surface area contributed by atoms with Crippen molar-refractivity contribution in [3.05, 3.63) is 119 Å². The molecule has 0 radical (unpaired) electrons. The van der Waals surface area contributed by atoms with E-state index in [1.807, 2.05) is 6.20 Å². The molecule has 3 nitrogen and oxygen atoms in total. The highest BCUT2D eigenvalue weighted by atomic mass is 16.5. The molecular weight excluding hydrogens is 416 g/mol. The molecule has 1 heterocycles. The predicted molar refractivity (Wildman–Crippen MR) is 141 cm³/mol. The molecule has 0 aliphatic heterocycles. The number of rotatable bonds is 10. The van der Waals surface area contributed by atoms with Crippen molar-refractivity contribution in [3.63, 3.8) is 0 Å². The van der Waals surface area contributed by atoms with Gasteiger partial charge >= 0.3 is 0 Å². The third kappa shape index (κ3) is 5.73. The average molecular weight is 451 g/mol. The Bertz CT molecular complexity index is 1120. The van der Waals surface area contributed by atoms with E-state index in [-0.39, 0.29) is 0 Å². The van der Waals surface area contributed by atoms with Gasteiger partial charge in [-0.15, -0.1) is 0 Å². The highest BCUT2D eigenvalue weighted by Gasteiger charge is 2.16. The molecule has 4 aromatic rings. The van der Waals surface area contributed by atoms with Crippen LogP contribution in [0.2, 0.25) is 0 Å². The number of ether oxygens (including phenoxy) is 1. The van der Waals surface area contributed by atoms with E-state index in [2.05, 4.69) is 104 Å². The summed E-state index contributed by atoms with van der Waals surface area (Å²) in [6.07, 6.45) is 3.97. The molecule has 0 aliphatic carbocycles. The zero-order chi connectivity index (χ0) is 23.8. The molecule has 1 aromatic heterocycles. The van der Waals surface area contributed by atoms with Gasteiger partial charge in [0.1, 0.15) is 5.75 Å². The monoisotopic (exact) mass is 450 g/mol. The summed E-state index contributed by atoms with van der Waals surface area (Å²) >= 11 is 0. The summed E-state index contributed by atoms with van der Waals surface area (Å²) in [6, 6.07) is 30.0. The lowest BCUT2D eigenvalue weighted by molar-refractivity contribution is 0.243. The Hall–Kier alpha value is -3.43. The summed E-state index contributed by atoms with van der Waals surface area (Å²) in [5.74, 6) is 0.893. The Morgan fingerprint density at radius 3 is 1.74 bits per heavy atom. The van der Waals surface area contributed by atoms with Crippen molar-refractivity contribution in [2.24, 2.45) is 0 Å². The van der Waals surface area contributed by atoms with Gasteiger partial charge in [0.2, 0.25) is 0 Å². The number of aryl methyl sites for hydroxylation is 2. The number of aromatic nitrogens is 1. The lowest BCUT2D eigenvalue weighted by atomic mass is 9.94. The molecule has 0 fully saturated rings. The smallest absolute Gasteiger partial charge is 0.127 e. The molecule has 0 saturated carbocycles. The topological polar surface area (TPSA) is 25.4 Å². The molecule has 3 heteroatoms. The zero-order valence-corrected chi connectivity index (χ0v) is 20.5. The second-order valence-corrected chi connectivity index (χ2v) is 8.66. The van der Waals surface area contributed by atoms with E-state index in [1.165, 1.54) is 27.8 Å². The minimum Gasteiger partial charge on any atom is -0.496 e. The SMILES string of the molecule is CCc1cccc(CC)c1-c1cc(OC)c(CN(Cc2ccccc2)Cc2ccccc2)cn1. The van der Waals surface area contributed by atoms with E-state index in [9.17, 15) is 0 Å². The molecule has 0 amide bonds. The highest BCUT2D eigenvalue weighted by Crippen LogP contribution is 2.32. The van der Waals surface area contributed by atoms with Crippen molar-refractivity contribution in [2.45, 2.75) is 46.3 Å². The van der Waals surface area contributed by atoms with Crippen LogP contribution in [0.5, 0.6) is 5.75 Å². The van der Waals surface area contributed by atoms with Crippen LogP contribution >= 0.6 is 0 Å². The van der Waals surface area contributed by atoms with Crippen LogP contribution in [-0.4, -0.2) is 17.0 Å². The Morgan fingerprint density at radius 1 is 0.676 bits per heavy atom. The van der Waals surface area contributed by atoms with Crippen molar-refractivity contribution < 1.29 is 4.74 Å². The van der Waals surface area contributed by atoms with E-state index >= 15 is 0 Å². The van der Waals surface area contributed by atoms with E-state index < -0.39 is 0 Å². The van der Waals surface area contributed by atoms with Crippen LogP contribution < -0.4 is 4.74 Å². The van der Waals surface area contributed by atoms with Gasteiger partial charge in [-0.25, -0.2) is 0 Å². The van der Waals surface area contributed by atoms with Gasteiger partial charge < -0.3 is 4.74 Å². The maximum atomic E-state index is 5.89. The molecule has 0 spiro atoms. The van der Waals surface area contributed by atoms with Gasteiger partial charge in [-0.2, -0.15) is 0 Å². The van der Waals surface area contributed by atoms with Crippen LogP contribution in [0.15, 0.2) is 91.1 Å². The molecule has 4 rings (SSSR count). The predicted octanol–water partition coefficient (Wildman–Crippen LogP) is 7.08. The fraction of sp³-hybridized carbons (Fsp3) is 0.258. The van der Waals surface area contributed by atoms with Gasteiger partial charge in [0.25, 0.3) is 0 Å². The van der Waals surface area contributed by atoms with E-state index in [0.717, 1.165) is 49.5 Å². The number of nitrogens with zero attached hydrogens (tertiary/aromatic N) is 2. The number of hydrogen-bond donors (Lipinski definition) is 0. The summed E-state index contributed by atoms with van der Waals surface area (Å²) in [6.45, 7) is 6.89. The summed E-state index contributed by atoms with van der Waals surface area (Å²) in [7, 11) is 1.76. The zero-order valence-electron chi connectivity index (χ0n) is 20.5. The van der Waals surface area contributed by atoms with Crippen molar-refractivity contribution in [3.8, 4) is 17.0 Å². The first-order chi connectivity index (χ1) is 16.7. The largest absolute Gasteiger partial charge is 0.496 e. The van der Waals surface area contributed by atoms with E-state index in [0.29, 0.717) is 0 Å². The first kappa shape index (κ1) is 23.7. The second kappa shape index (κ2) is 11.6. The second-order valence-electron chi connectivity index (χ2n) is 8.66. The van der Waals surface area contributed by atoms with Crippen LogP contribution in [0.1, 0.15) is 41.7 Å². The van der Waals surface area contributed by atoms with E-state index in [4.69, 9.17) is 9.72 Å². The summed E-state index contributed by atoms with van der Waals surface area (Å²) < 4.78 is 5.89. The molecule has 0 bridgehead atoms. The summed E-state index contributed by atoms with van der Waals surface area (Å²) in [4.78, 5) is 7.38. The molecule has 34 heavy (non-hydrogen) atoms. The first-order valence-electron chi connectivity index (χ1n) is 12.2. The molecule has 0 saturated heterocycles. The Kier molecular flexibility index (Phi) is 8.11. The average Bonchev–Trinajstić information content (AvgIpc) is 2.89. The summed E-state index contributed by atoms with van der Waals surface area (Å²) in [5.41, 5.74) is 8.60. The Morgan fingerprint density at radius 2 is 1.24 bits per heavy atom. The molecule has 0 unspecified atom stereocenters. The van der Waals surface area contributed by atoms with Gasteiger partial charge in [0.05, 0.1) is 12.8 Å². The van der Waals surface area contributed by atoms with Crippen molar-refractivity contribution >= 4 is 0 Å². The first-order valence-corrected chi connectivity index (χ1v) is 12.2. The van der Waals surface area contributed by atoms with Gasteiger partial charge in [-0.3, -0.25) is 9.88 Å².